The van der Waals surface area contributed by atoms with Crippen molar-refractivity contribution in [1.29, 1.82) is 0 Å². The lowest BCUT2D eigenvalue weighted by Crippen LogP contribution is -2.33. The third-order valence-electron chi connectivity index (χ3n) is 5.66. The summed E-state index contributed by atoms with van der Waals surface area (Å²) in [6, 6.07) is 14.1. The number of carbonyl (C=O) groups excluding carboxylic acids is 3. The van der Waals surface area contributed by atoms with Gasteiger partial charge in [-0.25, -0.2) is 4.79 Å². The molecular weight excluding hydrogens is 408 g/mol. The lowest BCUT2D eigenvalue weighted by atomic mass is 10.1. The van der Waals surface area contributed by atoms with Crippen molar-refractivity contribution < 1.29 is 19.1 Å². The number of urea groups is 1. The smallest absolute Gasteiger partial charge is 0.325 e. The molecule has 0 saturated carbocycles. The fourth-order valence-electron chi connectivity index (χ4n) is 3.87. The van der Waals surface area contributed by atoms with E-state index in [0.29, 0.717) is 18.7 Å². The van der Waals surface area contributed by atoms with E-state index in [2.05, 4.69) is 21.7 Å². The summed E-state index contributed by atoms with van der Waals surface area (Å²) >= 11 is 0. The van der Waals surface area contributed by atoms with E-state index in [4.69, 9.17) is 4.74 Å². The summed E-state index contributed by atoms with van der Waals surface area (Å²) in [5, 5.41) is 6.73. The number of fused-ring (bicyclic) bond motifs is 1. The highest BCUT2D eigenvalue weighted by molar-refractivity contribution is 6.04. The zero-order valence-corrected chi connectivity index (χ0v) is 17.9. The van der Waals surface area contributed by atoms with Gasteiger partial charge in [-0.15, -0.1) is 0 Å². The first-order valence-corrected chi connectivity index (χ1v) is 10.6. The maximum absolute atomic E-state index is 12.6. The first kappa shape index (κ1) is 21.4. The molecule has 2 heterocycles. The van der Waals surface area contributed by atoms with Gasteiger partial charge in [0.05, 0.1) is 13.7 Å². The van der Waals surface area contributed by atoms with E-state index in [9.17, 15) is 14.4 Å². The minimum atomic E-state index is -0.680. The number of ether oxygens (including phenoxy) is 1. The normalized spacial score (nSPS) is 15.8. The molecule has 3 N–H and O–H groups in total. The summed E-state index contributed by atoms with van der Waals surface area (Å²) < 4.78 is 5.12. The number of rotatable bonds is 9. The molecule has 8 nitrogen and oxygen atoms in total. The van der Waals surface area contributed by atoms with Gasteiger partial charge >= 0.3 is 6.03 Å². The number of aromatic nitrogens is 1. The number of para-hydroxylation sites is 1. The largest absolute Gasteiger partial charge is 0.497 e. The monoisotopic (exact) mass is 434 g/mol. The third-order valence-corrected chi connectivity index (χ3v) is 5.66. The molecule has 32 heavy (non-hydrogen) atoms. The molecule has 1 fully saturated rings. The molecule has 166 valence electrons. The molecule has 1 aliphatic heterocycles. The van der Waals surface area contributed by atoms with Crippen molar-refractivity contribution in [3.8, 4) is 5.75 Å². The second kappa shape index (κ2) is 9.55. The molecule has 0 radical (unpaired) electrons. The fraction of sp³-hybridized carbons (Fsp3) is 0.292. The lowest BCUT2D eigenvalue weighted by molar-refractivity contribution is -0.128. The number of aromatic amines is 1. The Labute approximate surface area is 185 Å². The van der Waals surface area contributed by atoms with Crippen molar-refractivity contribution in [2.45, 2.75) is 31.8 Å². The van der Waals surface area contributed by atoms with Gasteiger partial charge in [0.25, 0.3) is 5.91 Å². The minimum absolute atomic E-state index is 0.138. The van der Waals surface area contributed by atoms with Crippen LogP contribution in [0.3, 0.4) is 0 Å². The standard InChI is InChI=1S/C24H26N4O4/c1-32-18-8-6-16(7-9-18)15-28-23(30)21(27-24(28)31)10-11-22(29)25-13-12-17-14-26-20-5-3-2-4-19(17)20/h2-9,14,21,26H,10-13,15H2,1H3,(H,25,29)(H,27,31)/t21-/m1/s1. The number of imide groups is 1. The van der Waals surface area contributed by atoms with Gasteiger partial charge in [0.1, 0.15) is 11.8 Å². The predicted molar refractivity (Wildman–Crippen MR) is 120 cm³/mol. The topological polar surface area (TPSA) is 104 Å². The van der Waals surface area contributed by atoms with Crippen molar-refractivity contribution in [3.05, 3.63) is 65.9 Å². The molecule has 0 bridgehead atoms. The van der Waals surface area contributed by atoms with E-state index in [-0.39, 0.29) is 31.2 Å². The van der Waals surface area contributed by atoms with Crippen LogP contribution in [0.4, 0.5) is 4.79 Å². The minimum Gasteiger partial charge on any atom is -0.497 e. The van der Waals surface area contributed by atoms with Gasteiger partial charge in [0, 0.05) is 30.1 Å². The van der Waals surface area contributed by atoms with Gasteiger partial charge in [-0.2, -0.15) is 0 Å². The number of H-pyrrole nitrogens is 1. The van der Waals surface area contributed by atoms with E-state index in [1.54, 1.807) is 19.2 Å². The van der Waals surface area contributed by atoms with Crippen LogP contribution in [0.1, 0.15) is 24.0 Å². The Kier molecular flexibility index (Phi) is 6.39. The van der Waals surface area contributed by atoms with E-state index in [1.165, 1.54) is 4.90 Å². The predicted octanol–water partition coefficient (Wildman–Crippen LogP) is 2.74. The van der Waals surface area contributed by atoms with E-state index in [1.807, 2.05) is 36.5 Å². The number of benzene rings is 2. The Balaban J connectivity index is 1.23. The molecule has 3 aromatic rings. The first-order valence-electron chi connectivity index (χ1n) is 10.6. The SMILES string of the molecule is COc1ccc(CN2C(=O)N[C@H](CCC(=O)NCCc3c[nH]c4ccccc34)C2=O)cc1. The lowest BCUT2D eigenvalue weighted by Gasteiger charge is -2.13. The highest BCUT2D eigenvalue weighted by Gasteiger charge is 2.37. The molecular formula is C24H26N4O4. The molecule has 8 heteroatoms. The fourth-order valence-corrected chi connectivity index (χ4v) is 3.87. The quantitative estimate of drug-likeness (QED) is 0.451. The molecule has 1 saturated heterocycles. The van der Waals surface area contributed by atoms with Crippen molar-refractivity contribution >= 4 is 28.7 Å². The van der Waals surface area contributed by atoms with Crippen LogP contribution in [0.25, 0.3) is 10.9 Å². The average Bonchev–Trinajstić information content (AvgIpc) is 3.34. The summed E-state index contributed by atoms with van der Waals surface area (Å²) in [5.74, 6) is 0.262. The van der Waals surface area contributed by atoms with Gasteiger partial charge in [-0.3, -0.25) is 14.5 Å². The van der Waals surface area contributed by atoms with Crippen LogP contribution in [-0.4, -0.2) is 47.4 Å². The van der Waals surface area contributed by atoms with Crippen LogP contribution in [0, 0.1) is 0 Å². The van der Waals surface area contributed by atoms with Crippen molar-refractivity contribution in [3.63, 3.8) is 0 Å². The van der Waals surface area contributed by atoms with E-state index >= 15 is 0 Å². The summed E-state index contributed by atoms with van der Waals surface area (Å²) in [7, 11) is 1.58. The van der Waals surface area contributed by atoms with Crippen molar-refractivity contribution in [1.82, 2.24) is 20.5 Å². The number of nitrogens with zero attached hydrogens (tertiary/aromatic N) is 1. The highest BCUT2D eigenvalue weighted by Crippen LogP contribution is 2.19. The second-order valence-electron chi connectivity index (χ2n) is 7.77. The number of nitrogens with one attached hydrogen (secondary N) is 3. The van der Waals surface area contributed by atoms with Crippen molar-refractivity contribution in [2.75, 3.05) is 13.7 Å². The first-order chi connectivity index (χ1) is 15.5. The average molecular weight is 434 g/mol. The molecule has 0 aliphatic carbocycles. The molecule has 1 aromatic heterocycles. The summed E-state index contributed by atoms with van der Waals surface area (Å²) in [5.41, 5.74) is 3.04. The summed E-state index contributed by atoms with van der Waals surface area (Å²) in [4.78, 5) is 41.5. The Morgan fingerprint density at radius 1 is 1.12 bits per heavy atom. The van der Waals surface area contributed by atoms with Crippen LogP contribution in [0.5, 0.6) is 5.75 Å². The van der Waals surface area contributed by atoms with Gasteiger partial charge in [-0.1, -0.05) is 30.3 Å². The van der Waals surface area contributed by atoms with E-state index in [0.717, 1.165) is 22.0 Å². The van der Waals surface area contributed by atoms with Crippen molar-refractivity contribution in [2.24, 2.45) is 0 Å². The Hall–Kier alpha value is -3.81. The zero-order valence-electron chi connectivity index (χ0n) is 17.9. The number of hydrogen-bond acceptors (Lipinski definition) is 4. The number of methoxy groups -OCH3 is 1. The van der Waals surface area contributed by atoms with Gasteiger partial charge < -0.3 is 20.4 Å². The summed E-state index contributed by atoms with van der Waals surface area (Å²) in [6.07, 6.45) is 3.11. The highest BCUT2D eigenvalue weighted by atomic mass is 16.5. The van der Waals surface area contributed by atoms with Crippen LogP contribution >= 0.6 is 0 Å². The maximum atomic E-state index is 12.6. The third kappa shape index (κ3) is 4.74. The number of carbonyl (C=O) groups is 3. The van der Waals surface area contributed by atoms with Crippen LogP contribution in [-0.2, 0) is 22.6 Å². The molecule has 1 aliphatic rings. The molecule has 1 atom stereocenters. The zero-order chi connectivity index (χ0) is 22.5. The molecule has 2 aromatic carbocycles. The van der Waals surface area contributed by atoms with Gasteiger partial charge in [-0.05, 0) is 42.2 Å². The Morgan fingerprint density at radius 2 is 1.91 bits per heavy atom. The van der Waals surface area contributed by atoms with Crippen LogP contribution in [0.15, 0.2) is 54.7 Å². The van der Waals surface area contributed by atoms with Crippen LogP contribution < -0.4 is 15.4 Å². The number of hydrogen-bond donors (Lipinski definition) is 3. The molecule has 4 amide bonds. The van der Waals surface area contributed by atoms with E-state index < -0.39 is 12.1 Å². The van der Waals surface area contributed by atoms with Crippen LogP contribution in [0.2, 0.25) is 0 Å². The second-order valence-corrected chi connectivity index (χ2v) is 7.77. The molecule has 0 spiro atoms. The van der Waals surface area contributed by atoms with Gasteiger partial charge in [0.2, 0.25) is 5.91 Å². The Bertz CT molecular complexity index is 1120. The maximum Gasteiger partial charge on any atom is 0.325 e. The number of amides is 4. The summed E-state index contributed by atoms with van der Waals surface area (Å²) in [6.45, 7) is 0.692. The Morgan fingerprint density at radius 3 is 2.69 bits per heavy atom. The molecule has 0 unspecified atom stereocenters. The molecule has 4 rings (SSSR count). The van der Waals surface area contributed by atoms with Gasteiger partial charge in [0.15, 0.2) is 0 Å².